The molecule has 10 nitrogen and oxygen atoms in total. The predicted octanol–water partition coefficient (Wildman–Crippen LogP) is -0.925. The van der Waals surface area contributed by atoms with Gasteiger partial charge in [-0.05, 0) is 31.0 Å². The number of rotatable bonds is 4. The summed E-state index contributed by atoms with van der Waals surface area (Å²) in [5.74, 6) is 0.0673. The van der Waals surface area contributed by atoms with Gasteiger partial charge in [-0.2, -0.15) is 0 Å². The van der Waals surface area contributed by atoms with Crippen molar-refractivity contribution in [3.63, 3.8) is 0 Å². The normalized spacial score (nSPS) is 44.7. The molecule has 10 heteroatoms. The first-order chi connectivity index (χ1) is 15.9. The van der Waals surface area contributed by atoms with Crippen LogP contribution in [0, 0.1) is 5.92 Å². The van der Waals surface area contributed by atoms with E-state index in [0.717, 1.165) is 24.9 Å². The molecule has 2 bridgehead atoms. The number of carboxylic acid groups (broad SMARTS) is 1. The van der Waals surface area contributed by atoms with Crippen LogP contribution in [0.15, 0.2) is 24.3 Å². The summed E-state index contributed by atoms with van der Waals surface area (Å²) in [6.07, 6.45) is -3.79. The van der Waals surface area contributed by atoms with Crippen molar-refractivity contribution < 1.29 is 44.2 Å². The molecule has 1 spiro atoms. The van der Waals surface area contributed by atoms with E-state index in [1.54, 1.807) is 7.11 Å². The summed E-state index contributed by atoms with van der Waals surface area (Å²) in [6, 6.07) is 4.24. The number of nitrogens with one attached hydrogen (secondary N) is 1. The van der Waals surface area contributed by atoms with Gasteiger partial charge in [0.2, 0.25) is 0 Å². The summed E-state index contributed by atoms with van der Waals surface area (Å²) < 4.78 is 23.6. The van der Waals surface area contributed by atoms with E-state index in [1.807, 2.05) is 12.1 Å². The van der Waals surface area contributed by atoms with Crippen LogP contribution in [-0.4, -0.2) is 89.0 Å². The van der Waals surface area contributed by atoms with E-state index in [2.05, 4.69) is 17.5 Å². The maximum atomic E-state index is 11.5. The van der Waals surface area contributed by atoms with Crippen molar-refractivity contribution >= 4 is 5.97 Å². The van der Waals surface area contributed by atoms with Crippen LogP contribution in [0.4, 0.5) is 0 Å². The lowest BCUT2D eigenvalue weighted by atomic mass is 9.53. The summed E-state index contributed by atoms with van der Waals surface area (Å²) in [6.45, 7) is 0.812. The van der Waals surface area contributed by atoms with Crippen molar-refractivity contribution in [1.82, 2.24) is 5.32 Å². The number of hydrogen-bond acceptors (Lipinski definition) is 9. The van der Waals surface area contributed by atoms with Gasteiger partial charge in [0.05, 0.1) is 7.11 Å². The molecule has 2 aliphatic carbocycles. The largest absolute Gasteiger partial charge is 0.493 e. The number of aliphatic carboxylic acids is 1. The molecular formula is C23H27NO9. The molecule has 3 aliphatic heterocycles. The van der Waals surface area contributed by atoms with Crippen molar-refractivity contribution in [2.45, 2.75) is 67.2 Å². The maximum absolute atomic E-state index is 11.5. The molecule has 0 amide bonds. The second kappa shape index (κ2) is 7.39. The molecule has 1 aromatic rings. The molecule has 1 aromatic carbocycles. The first-order valence-electron chi connectivity index (χ1n) is 11.2. The molecule has 2 saturated heterocycles. The quantitative estimate of drug-likeness (QED) is 0.357. The van der Waals surface area contributed by atoms with Gasteiger partial charge >= 0.3 is 5.97 Å². The Labute approximate surface area is 189 Å². The van der Waals surface area contributed by atoms with Gasteiger partial charge in [0.25, 0.3) is 0 Å². The Morgan fingerprint density at radius 3 is 2.76 bits per heavy atom. The molecule has 6 rings (SSSR count). The molecule has 2 fully saturated rings. The summed E-state index contributed by atoms with van der Waals surface area (Å²) in [5, 5.41) is 43.6. The fourth-order valence-corrected chi connectivity index (χ4v) is 6.55. The van der Waals surface area contributed by atoms with E-state index in [0.29, 0.717) is 11.5 Å². The average Bonchev–Trinajstić information content (AvgIpc) is 3.14. The summed E-state index contributed by atoms with van der Waals surface area (Å²) >= 11 is 0. The van der Waals surface area contributed by atoms with Gasteiger partial charge in [-0.25, -0.2) is 4.79 Å². The van der Waals surface area contributed by atoms with Gasteiger partial charge < -0.3 is 44.7 Å². The van der Waals surface area contributed by atoms with Gasteiger partial charge in [0, 0.05) is 22.9 Å². The number of piperidine rings is 1. The highest BCUT2D eigenvalue weighted by Crippen LogP contribution is 2.61. The Kier molecular flexibility index (Phi) is 4.78. The zero-order valence-corrected chi connectivity index (χ0v) is 18.0. The zero-order chi connectivity index (χ0) is 23.1. The Hall–Kier alpha value is -2.21. The molecule has 5 N–H and O–H groups in total. The lowest BCUT2D eigenvalue weighted by Crippen LogP contribution is -2.66. The third-order valence-electron chi connectivity index (χ3n) is 7.97. The van der Waals surface area contributed by atoms with Crippen molar-refractivity contribution in [2.24, 2.45) is 5.92 Å². The molecule has 33 heavy (non-hydrogen) atoms. The van der Waals surface area contributed by atoms with E-state index in [-0.39, 0.29) is 17.4 Å². The standard InChI is InChI=1S/C23H27NO9/c1-30-12-4-2-9-8-11-10-3-5-13(20-23(10,6-7-24-11)14(9)18(12)32-20)31-22-17(27)15(25)16(26)19(33-22)21(28)29/h2-5,10-11,13,15-17,19-20,22,24-27H,6-8H2,1H3,(H,28,29)/t10-,11?,13-,15-,16-,17+,19-,20-,22+,23-/m0/s1. The highest BCUT2D eigenvalue weighted by molar-refractivity contribution is 5.73. The van der Waals surface area contributed by atoms with Gasteiger partial charge in [-0.3, -0.25) is 0 Å². The number of ether oxygens (including phenoxy) is 4. The number of hydrogen-bond donors (Lipinski definition) is 5. The average molecular weight is 461 g/mol. The highest BCUT2D eigenvalue weighted by Gasteiger charge is 2.64. The van der Waals surface area contributed by atoms with Gasteiger partial charge in [-0.15, -0.1) is 0 Å². The number of aliphatic hydroxyl groups is 3. The molecule has 178 valence electrons. The van der Waals surface area contributed by atoms with Gasteiger partial charge in [-0.1, -0.05) is 18.2 Å². The minimum atomic E-state index is -1.77. The van der Waals surface area contributed by atoms with E-state index in [9.17, 15) is 25.2 Å². The molecule has 0 aromatic heterocycles. The first kappa shape index (κ1) is 21.3. The fourth-order valence-electron chi connectivity index (χ4n) is 6.55. The lowest BCUT2D eigenvalue weighted by Gasteiger charge is -2.54. The monoisotopic (exact) mass is 461 g/mol. The van der Waals surface area contributed by atoms with Crippen LogP contribution in [0.3, 0.4) is 0 Å². The highest BCUT2D eigenvalue weighted by atomic mass is 16.7. The number of benzene rings is 1. The van der Waals surface area contributed by atoms with Crippen molar-refractivity contribution in [1.29, 1.82) is 0 Å². The van der Waals surface area contributed by atoms with Crippen molar-refractivity contribution in [2.75, 3.05) is 13.7 Å². The van der Waals surface area contributed by atoms with E-state index in [1.165, 1.54) is 5.56 Å². The van der Waals surface area contributed by atoms with E-state index in [4.69, 9.17) is 18.9 Å². The van der Waals surface area contributed by atoms with Crippen LogP contribution in [-0.2, 0) is 26.1 Å². The van der Waals surface area contributed by atoms with Crippen LogP contribution >= 0.6 is 0 Å². The Morgan fingerprint density at radius 2 is 2.00 bits per heavy atom. The first-order valence-corrected chi connectivity index (χ1v) is 11.2. The van der Waals surface area contributed by atoms with Gasteiger partial charge in [0.1, 0.15) is 30.5 Å². The van der Waals surface area contributed by atoms with Crippen LogP contribution in [0.1, 0.15) is 17.5 Å². The smallest absolute Gasteiger partial charge is 0.335 e. The molecule has 0 radical (unpaired) electrons. The Bertz CT molecular complexity index is 1010. The Balaban J connectivity index is 1.38. The van der Waals surface area contributed by atoms with Crippen LogP contribution in [0.5, 0.6) is 11.5 Å². The maximum Gasteiger partial charge on any atom is 0.335 e. The minimum absolute atomic E-state index is 0.174. The van der Waals surface area contributed by atoms with E-state index < -0.39 is 48.9 Å². The molecule has 3 heterocycles. The minimum Gasteiger partial charge on any atom is -0.493 e. The molecule has 0 saturated carbocycles. The number of carbonyl (C=O) groups is 1. The number of carboxylic acids is 1. The molecule has 10 atom stereocenters. The van der Waals surface area contributed by atoms with Crippen LogP contribution in [0.25, 0.3) is 0 Å². The SMILES string of the molecule is COc1ccc2c3c1O[C@H]1[C@@H](O[C@@H]4O[C@H](C(=O)O)[C@@H](O)[C@H](O)[C@H]4O)C=C[C@H]4C(C2)NCC[C@@]341. The summed E-state index contributed by atoms with van der Waals surface area (Å²) in [4.78, 5) is 11.5. The van der Waals surface area contributed by atoms with Crippen LogP contribution < -0.4 is 14.8 Å². The van der Waals surface area contributed by atoms with E-state index >= 15 is 0 Å². The van der Waals surface area contributed by atoms with Crippen molar-refractivity contribution in [3.8, 4) is 11.5 Å². The molecular weight excluding hydrogens is 434 g/mol. The topological polar surface area (TPSA) is 147 Å². The van der Waals surface area contributed by atoms with Crippen molar-refractivity contribution in [3.05, 3.63) is 35.4 Å². The summed E-state index contributed by atoms with van der Waals surface area (Å²) in [5.41, 5.74) is 1.97. The fraction of sp³-hybridized carbons (Fsp3) is 0.609. The molecule has 1 unspecified atom stereocenters. The predicted molar refractivity (Wildman–Crippen MR) is 111 cm³/mol. The molecule has 5 aliphatic rings. The van der Waals surface area contributed by atoms with Gasteiger partial charge in [0.15, 0.2) is 23.9 Å². The van der Waals surface area contributed by atoms with Crippen LogP contribution in [0.2, 0.25) is 0 Å². The summed E-state index contributed by atoms with van der Waals surface area (Å²) in [7, 11) is 1.60. The lowest BCUT2D eigenvalue weighted by molar-refractivity contribution is -0.307. The second-order valence-electron chi connectivity index (χ2n) is 9.47. The zero-order valence-electron chi connectivity index (χ0n) is 18.0. The Morgan fingerprint density at radius 1 is 1.18 bits per heavy atom. The number of aliphatic hydroxyl groups excluding tert-OH is 3. The third-order valence-corrected chi connectivity index (χ3v) is 7.97. The number of methoxy groups -OCH3 is 1. The third kappa shape index (κ3) is 2.79. The second-order valence-corrected chi connectivity index (χ2v) is 9.47.